The van der Waals surface area contributed by atoms with Crippen molar-refractivity contribution in [1.29, 1.82) is 0 Å². The Morgan fingerprint density at radius 2 is 1.93 bits per heavy atom. The van der Waals surface area contributed by atoms with E-state index in [0.29, 0.717) is 29.9 Å². The minimum Gasteiger partial charge on any atom is -0.488 e. The van der Waals surface area contributed by atoms with Crippen LogP contribution >= 0.6 is 23.2 Å². The lowest BCUT2D eigenvalue weighted by Gasteiger charge is -2.27. The van der Waals surface area contributed by atoms with Crippen LogP contribution in [0.2, 0.25) is 5.02 Å². The summed E-state index contributed by atoms with van der Waals surface area (Å²) in [7, 11) is 0. The summed E-state index contributed by atoms with van der Waals surface area (Å²) in [6, 6.07) is 12.2. The van der Waals surface area contributed by atoms with Crippen molar-refractivity contribution in [3.05, 3.63) is 58.9 Å². The third kappa shape index (κ3) is 5.34. The van der Waals surface area contributed by atoms with E-state index in [4.69, 9.17) is 27.9 Å². The monoisotopic (exact) mass is 408 g/mol. The molecule has 1 aliphatic heterocycles. The Kier molecular flexibility index (Phi) is 6.19. The van der Waals surface area contributed by atoms with Crippen molar-refractivity contribution in [3.63, 3.8) is 0 Å². The fourth-order valence-electron chi connectivity index (χ4n) is 2.50. The van der Waals surface area contributed by atoms with E-state index in [9.17, 15) is 4.39 Å². The van der Waals surface area contributed by atoms with Crippen molar-refractivity contribution >= 4 is 40.1 Å². The number of hydrogen-bond donors (Lipinski definition) is 1. The summed E-state index contributed by atoms with van der Waals surface area (Å²) in [4.78, 5) is 10.3. The molecule has 0 amide bonds. The summed E-state index contributed by atoms with van der Waals surface area (Å²) in [5, 5.41) is 3.92. The standard InChI is InChI=1S/C19H19Cl2FN4O/c1-12(2)27-17-8-7-15(9-16(17)22)24-19-25-18(21)23-11-26(19)10-13-3-5-14(20)6-4-13/h3-9,12H,10-11H2,1-2H3,(H,23,24,25). The molecule has 0 saturated carbocycles. The van der Waals surface area contributed by atoms with Crippen LogP contribution in [-0.4, -0.2) is 28.9 Å². The molecule has 0 unspecified atom stereocenters. The second-order valence-electron chi connectivity index (χ2n) is 6.27. The van der Waals surface area contributed by atoms with E-state index >= 15 is 0 Å². The van der Waals surface area contributed by atoms with Crippen LogP contribution in [0.1, 0.15) is 19.4 Å². The minimum atomic E-state index is -0.450. The molecule has 0 bridgehead atoms. The second-order valence-corrected chi connectivity index (χ2v) is 7.04. The van der Waals surface area contributed by atoms with E-state index in [2.05, 4.69) is 15.3 Å². The Hall–Kier alpha value is -2.31. The van der Waals surface area contributed by atoms with Crippen molar-refractivity contribution in [2.45, 2.75) is 26.5 Å². The topological polar surface area (TPSA) is 49.2 Å². The lowest BCUT2D eigenvalue weighted by molar-refractivity contribution is 0.231. The Morgan fingerprint density at radius 1 is 1.19 bits per heavy atom. The van der Waals surface area contributed by atoms with Crippen molar-refractivity contribution in [3.8, 4) is 5.75 Å². The largest absolute Gasteiger partial charge is 0.488 e. The Morgan fingerprint density at radius 3 is 2.59 bits per heavy atom. The molecule has 8 heteroatoms. The molecule has 1 N–H and O–H groups in total. The first-order valence-electron chi connectivity index (χ1n) is 8.42. The van der Waals surface area contributed by atoms with E-state index < -0.39 is 5.82 Å². The molecule has 0 aromatic heterocycles. The van der Waals surface area contributed by atoms with Gasteiger partial charge in [-0.2, -0.15) is 4.99 Å². The number of benzene rings is 2. The van der Waals surface area contributed by atoms with Crippen molar-refractivity contribution in [2.75, 3.05) is 12.0 Å². The highest BCUT2D eigenvalue weighted by Crippen LogP contribution is 2.23. The maximum absolute atomic E-state index is 14.2. The SMILES string of the molecule is CC(C)Oc1ccc(NC2=NC(Cl)=NCN2Cc2ccc(Cl)cc2)cc1F. The van der Waals surface area contributed by atoms with Crippen LogP contribution < -0.4 is 10.1 Å². The van der Waals surface area contributed by atoms with Crippen molar-refractivity contribution in [2.24, 2.45) is 9.98 Å². The number of hydrogen-bond acceptors (Lipinski definition) is 5. The van der Waals surface area contributed by atoms with Crippen LogP contribution in [0.5, 0.6) is 5.75 Å². The van der Waals surface area contributed by atoms with Gasteiger partial charge in [0.15, 0.2) is 11.6 Å². The maximum atomic E-state index is 14.2. The van der Waals surface area contributed by atoms with E-state index in [-0.39, 0.29) is 17.1 Å². The van der Waals surface area contributed by atoms with Crippen LogP contribution in [0.3, 0.4) is 0 Å². The predicted molar refractivity (Wildman–Crippen MR) is 108 cm³/mol. The average Bonchev–Trinajstić information content (AvgIpc) is 2.61. The van der Waals surface area contributed by atoms with Gasteiger partial charge in [0.05, 0.1) is 6.10 Å². The van der Waals surface area contributed by atoms with Gasteiger partial charge in [-0.1, -0.05) is 23.7 Å². The summed E-state index contributed by atoms with van der Waals surface area (Å²) in [6.45, 7) is 4.58. The van der Waals surface area contributed by atoms with Gasteiger partial charge in [0.25, 0.3) is 0 Å². The van der Waals surface area contributed by atoms with E-state index in [1.54, 1.807) is 12.1 Å². The van der Waals surface area contributed by atoms with Gasteiger partial charge in [-0.3, -0.25) is 0 Å². The Bertz CT molecular complexity index is 869. The van der Waals surface area contributed by atoms with Gasteiger partial charge in [0.2, 0.25) is 11.3 Å². The smallest absolute Gasteiger partial charge is 0.222 e. The van der Waals surface area contributed by atoms with Gasteiger partial charge in [0.1, 0.15) is 6.67 Å². The predicted octanol–water partition coefficient (Wildman–Crippen LogP) is 5.10. The van der Waals surface area contributed by atoms with Gasteiger partial charge < -0.3 is 15.0 Å². The zero-order valence-electron chi connectivity index (χ0n) is 14.9. The number of ether oxygens (including phenoxy) is 1. The second kappa shape index (κ2) is 8.59. The summed E-state index contributed by atoms with van der Waals surface area (Å²) in [5.74, 6) is 0.245. The average molecular weight is 409 g/mol. The third-order valence-electron chi connectivity index (χ3n) is 3.71. The minimum absolute atomic E-state index is 0.106. The summed E-state index contributed by atoms with van der Waals surface area (Å²) in [5.41, 5.74) is 1.57. The summed E-state index contributed by atoms with van der Waals surface area (Å²) in [6.07, 6.45) is -0.106. The fraction of sp³-hybridized carbons (Fsp3) is 0.263. The molecule has 0 saturated heterocycles. The molecule has 0 fully saturated rings. The molecule has 1 heterocycles. The van der Waals surface area contributed by atoms with Gasteiger partial charge in [-0.25, -0.2) is 9.38 Å². The number of halogens is 3. The molecule has 0 aliphatic carbocycles. The molecule has 1 aliphatic rings. The lowest BCUT2D eigenvalue weighted by Crippen LogP contribution is -2.39. The van der Waals surface area contributed by atoms with Gasteiger partial charge in [-0.15, -0.1) is 0 Å². The molecule has 142 valence electrons. The number of aliphatic imine (C=N–C) groups is 2. The van der Waals surface area contributed by atoms with Crippen LogP contribution in [0.25, 0.3) is 0 Å². The first-order valence-corrected chi connectivity index (χ1v) is 9.17. The zero-order chi connectivity index (χ0) is 19.4. The van der Waals surface area contributed by atoms with Crippen molar-refractivity contribution in [1.82, 2.24) is 4.90 Å². The van der Waals surface area contributed by atoms with E-state index in [1.165, 1.54) is 6.07 Å². The Labute approximate surface area is 167 Å². The maximum Gasteiger partial charge on any atom is 0.222 e. The van der Waals surface area contributed by atoms with Gasteiger partial charge in [-0.05, 0) is 55.3 Å². The Balaban J connectivity index is 1.76. The molecular weight excluding hydrogens is 390 g/mol. The fourth-order valence-corrected chi connectivity index (χ4v) is 2.76. The molecule has 5 nitrogen and oxygen atoms in total. The number of nitrogens with one attached hydrogen (secondary N) is 1. The number of amidine groups is 1. The highest BCUT2D eigenvalue weighted by atomic mass is 35.5. The van der Waals surface area contributed by atoms with Crippen molar-refractivity contribution < 1.29 is 9.13 Å². The first-order chi connectivity index (χ1) is 12.9. The normalized spacial score (nSPS) is 14.1. The molecule has 2 aromatic carbocycles. The quantitative estimate of drug-likeness (QED) is 0.699. The van der Waals surface area contributed by atoms with Gasteiger partial charge in [0, 0.05) is 23.3 Å². The summed E-state index contributed by atoms with van der Waals surface area (Å²) >= 11 is 11.9. The summed E-state index contributed by atoms with van der Waals surface area (Å²) < 4.78 is 19.7. The lowest BCUT2D eigenvalue weighted by atomic mass is 10.2. The van der Waals surface area contributed by atoms with Crippen LogP contribution in [0.4, 0.5) is 10.1 Å². The van der Waals surface area contributed by atoms with Crippen LogP contribution in [0.15, 0.2) is 52.4 Å². The number of guanidine groups is 1. The molecule has 27 heavy (non-hydrogen) atoms. The van der Waals surface area contributed by atoms with Gasteiger partial charge >= 0.3 is 0 Å². The number of anilines is 1. The number of nitrogens with zero attached hydrogens (tertiary/aromatic N) is 3. The van der Waals surface area contributed by atoms with E-state index in [1.807, 2.05) is 43.0 Å². The molecule has 0 atom stereocenters. The van der Waals surface area contributed by atoms with Crippen LogP contribution in [0, 0.1) is 5.82 Å². The number of rotatable bonds is 5. The molecular formula is C19H19Cl2FN4O. The van der Waals surface area contributed by atoms with Crippen LogP contribution in [-0.2, 0) is 6.54 Å². The zero-order valence-corrected chi connectivity index (χ0v) is 16.4. The molecule has 3 rings (SSSR count). The molecule has 0 spiro atoms. The first kappa shape index (κ1) is 19.5. The highest BCUT2D eigenvalue weighted by Gasteiger charge is 2.18. The highest BCUT2D eigenvalue weighted by molar-refractivity contribution is 6.65. The molecule has 0 radical (unpaired) electrons. The third-order valence-corrected chi connectivity index (χ3v) is 4.16. The van der Waals surface area contributed by atoms with E-state index in [0.717, 1.165) is 5.56 Å². The molecule has 2 aromatic rings.